The maximum atomic E-state index is 13.5. The fourth-order valence-electron chi connectivity index (χ4n) is 4.52. The van der Waals surface area contributed by atoms with Crippen molar-refractivity contribution in [3.63, 3.8) is 0 Å². The molecule has 0 aliphatic heterocycles. The molecule has 0 aliphatic rings. The molecular weight excluding hydrogens is 456 g/mol. The van der Waals surface area contributed by atoms with E-state index in [9.17, 15) is 9.59 Å². The third-order valence-corrected chi connectivity index (χ3v) is 6.13. The maximum absolute atomic E-state index is 13.5. The van der Waals surface area contributed by atoms with Gasteiger partial charge in [0.2, 0.25) is 11.8 Å². The molecule has 36 heavy (non-hydrogen) atoms. The van der Waals surface area contributed by atoms with Crippen LogP contribution in [0.3, 0.4) is 0 Å². The van der Waals surface area contributed by atoms with Crippen molar-refractivity contribution in [2.75, 3.05) is 27.3 Å². The number of nitrogens with zero attached hydrogens (tertiary/aromatic N) is 2. The molecule has 2 aromatic rings. The summed E-state index contributed by atoms with van der Waals surface area (Å²) < 4.78 is 16.3. The lowest BCUT2D eigenvalue weighted by Gasteiger charge is -2.31. The van der Waals surface area contributed by atoms with E-state index < -0.39 is 0 Å². The second-order valence-corrected chi connectivity index (χ2v) is 11.0. The van der Waals surface area contributed by atoms with E-state index in [1.54, 1.807) is 30.3 Å². The van der Waals surface area contributed by atoms with Crippen LogP contribution in [0.25, 0.3) is 0 Å². The van der Waals surface area contributed by atoms with E-state index in [2.05, 4.69) is 27.7 Å². The summed E-state index contributed by atoms with van der Waals surface area (Å²) in [7, 11) is 3.21. The number of amides is 2. The van der Waals surface area contributed by atoms with E-state index in [1.807, 2.05) is 44.2 Å². The van der Waals surface area contributed by atoms with Gasteiger partial charge in [-0.3, -0.25) is 9.59 Å². The first-order valence-corrected chi connectivity index (χ1v) is 12.7. The van der Waals surface area contributed by atoms with Crippen LogP contribution in [-0.2, 0) is 22.6 Å². The van der Waals surface area contributed by atoms with Crippen molar-refractivity contribution in [3.8, 4) is 11.5 Å². The topological polar surface area (TPSA) is 72.2 Å². The van der Waals surface area contributed by atoms with Crippen LogP contribution in [0.15, 0.2) is 41.0 Å². The molecule has 2 rings (SSSR count). The summed E-state index contributed by atoms with van der Waals surface area (Å²) in [6.07, 6.45) is 3.62. The monoisotopic (exact) mass is 500 g/mol. The van der Waals surface area contributed by atoms with Crippen LogP contribution in [0, 0.1) is 11.3 Å². The minimum atomic E-state index is -0.0996. The van der Waals surface area contributed by atoms with Crippen molar-refractivity contribution in [2.45, 2.75) is 73.4 Å². The van der Waals surface area contributed by atoms with E-state index in [0.29, 0.717) is 43.2 Å². The zero-order valence-corrected chi connectivity index (χ0v) is 23.3. The number of furan rings is 1. The SMILES string of the molecule is COc1ccc(CCN(Cc2ccco2)C(=O)CN(C(=O)C[C@H](C)CC(C)(C)C)C(C)C)cc1OC. The van der Waals surface area contributed by atoms with Gasteiger partial charge >= 0.3 is 0 Å². The van der Waals surface area contributed by atoms with Crippen LogP contribution in [0.1, 0.15) is 65.7 Å². The molecule has 0 spiro atoms. The summed E-state index contributed by atoms with van der Waals surface area (Å²) in [6, 6.07) is 9.36. The molecular formula is C29H44N2O5. The fraction of sp³-hybridized carbons (Fsp3) is 0.586. The molecule has 0 bridgehead atoms. The second kappa shape index (κ2) is 13.4. The average Bonchev–Trinajstić information content (AvgIpc) is 3.31. The molecule has 0 radical (unpaired) electrons. The highest BCUT2D eigenvalue weighted by atomic mass is 16.5. The number of hydrogen-bond acceptors (Lipinski definition) is 5. The molecule has 0 fully saturated rings. The van der Waals surface area contributed by atoms with E-state index in [4.69, 9.17) is 13.9 Å². The van der Waals surface area contributed by atoms with Crippen molar-refractivity contribution in [1.29, 1.82) is 0 Å². The largest absolute Gasteiger partial charge is 0.493 e. The van der Waals surface area contributed by atoms with Crippen LogP contribution >= 0.6 is 0 Å². The lowest BCUT2D eigenvalue weighted by atomic mass is 9.84. The predicted octanol–water partition coefficient (Wildman–Crippen LogP) is 5.57. The van der Waals surface area contributed by atoms with Crippen molar-refractivity contribution >= 4 is 11.8 Å². The highest BCUT2D eigenvalue weighted by Gasteiger charge is 2.26. The summed E-state index contributed by atoms with van der Waals surface area (Å²) in [5.41, 5.74) is 1.18. The summed E-state index contributed by atoms with van der Waals surface area (Å²) in [5, 5.41) is 0. The number of methoxy groups -OCH3 is 2. The number of carbonyl (C=O) groups excluding carboxylic acids is 2. The normalized spacial score (nSPS) is 12.4. The van der Waals surface area contributed by atoms with Gasteiger partial charge in [-0.1, -0.05) is 33.8 Å². The molecule has 0 N–H and O–H groups in total. The van der Waals surface area contributed by atoms with Crippen molar-refractivity contribution in [1.82, 2.24) is 9.80 Å². The molecule has 2 amide bonds. The summed E-state index contributed by atoms with van der Waals surface area (Å²) in [5.74, 6) is 2.19. The Morgan fingerprint density at radius 2 is 1.69 bits per heavy atom. The Morgan fingerprint density at radius 1 is 1.00 bits per heavy atom. The third kappa shape index (κ3) is 9.25. The van der Waals surface area contributed by atoms with Gasteiger partial charge in [-0.25, -0.2) is 0 Å². The molecule has 0 aliphatic carbocycles. The average molecular weight is 501 g/mol. The van der Waals surface area contributed by atoms with Crippen molar-refractivity contribution < 1.29 is 23.5 Å². The molecule has 1 heterocycles. The van der Waals surface area contributed by atoms with Gasteiger partial charge in [-0.05, 0) is 67.9 Å². The Bertz CT molecular complexity index is 963. The van der Waals surface area contributed by atoms with Gasteiger partial charge in [-0.15, -0.1) is 0 Å². The van der Waals surface area contributed by atoms with Crippen LogP contribution in [0.2, 0.25) is 0 Å². The highest BCUT2D eigenvalue weighted by Crippen LogP contribution is 2.28. The van der Waals surface area contributed by atoms with E-state index in [1.165, 1.54) is 0 Å². The van der Waals surface area contributed by atoms with Crippen molar-refractivity contribution in [3.05, 3.63) is 47.9 Å². The molecule has 1 atom stereocenters. The Morgan fingerprint density at radius 3 is 2.25 bits per heavy atom. The molecule has 0 saturated carbocycles. The summed E-state index contributed by atoms with van der Waals surface area (Å²) in [4.78, 5) is 30.1. The number of rotatable bonds is 13. The quantitative estimate of drug-likeness (QED) is 0.360. The third-order valence-electron chi connectivity index (χ3n) is 6.13. The van der Waals surface area contributed by atoms with Gasteiger partial charge in [0.15, 0.2) is 11.5 Å². The van der Waals surface area contributed by atoms with E-state index >= 15 is 0 Å². The van der Waals surface area contributed by atoms with Crippen LogP contribution in [0.4, 0.5) is 0 Å². The van der Waals surface area contributed by atoms with Gasteiger partial charge in [0, 0.05) is 19.0 Å². The zero-order valence-electron chi connectivity index (χ0n) is 23.3. The van der Waals surface area contributed by atoms with Crippen LogP contribution in [-0.4, -0.2) is 55.0 Å². The summed E-state index contributed by atoms with van der Waals surface area (Å²) in [6.45, 7) is 13.4. The summed E-state index contributed by atoms with van der Waals surface area (Å²) >= 11 is 0. The zero-order chi connectivity index (χ0) is 26.9. The van der Waals surface area contributed by atoms with E-state index in [0.717, 1.165) is 12.0 Å². The Balaban J connectivity index is 2.13. The number of ether oxygens (including phenoxy) is 2. The first-order chi connectivity index (χ1) is 16.9. The fourth-order valence-corrected chi connectivity index (χ4v) is 4.52. The molecule has 7 nitrogen and oxygen atoms in total. The molecule has 1 aromatic carbocycles. The number of benzene rings is 1. The molecule has 7 heteroatoms. The lowest BCUT2D eigenvalue weighted by Crippen LogP contribution is -2.46. The lowest BCUT2D eigenvalue weighted by molar-refractivity contribution is -0.143. The van der Waals surface area contributed by atoms with Crippen LogP contribution < -0.4 is 9.47 Å². The molecule has 1 aromatic heterocycles. The molecule has 200 valence electrons. The van der Waals surface area contributed by atoms with Gasteiger partial charge in [0.25, 0.3) is 0 Å². The van der Waals surface area contributed by atoms with Gasteiger partial charge in [0.1, 0.15) is 5.76 Å². The number of hydrogen-bond donors (Lipinski definition) is 0. The van der Waals surface area contributed by atoms with E-state index in [-0.39, 0.29) is 35.7 Å². The second-order valence-electron chi connectivity index (χ2n) is 11.0. The van der Waals surface area contributed by atoms with Gasteiger partial charge < -0.3 is 23.7 Å². The highest BCUT2D eigenvalue weighted by molar-refractivity contribution is 5.85. The maximum Gasteiger partial charge on any atom is 0.242 e. The minimum Gasteiger partial charge on any atom is -0.493 e. The number of carbonyl (C=O) groups is 2. The smallest absolute Gasteiger partial charge is 0.242 e. The Hall–Kier alpha value is -2.96. The van der Waals surface area contributed by atoms with Gasteiger partial charge in [0.05, 0.1) is 33.6 Å². The first-order valence-electron chi connectivity index (χ1n) is 12.7. The molecule has 0 unspecified atom stereocenters. The van der Waals surface area contributed by atoms with Crippen molar-refractivity contribution in [2.24, 2.45) is 11.3 Å². The van der Waals surface area contributed by atoms with Gasteiger partial charge in [-0.2, -0.15) is 0 Å². The standard InChI is InChI=1S/C29H44N2O5/c1-21(2)31(27(32)16-22(3)18-29(4,5)6)20-28(33)30(19-24-10-9-15-36-24)14-13-23-11-12-25(34-7)26(17-23)35-8/h9-12,15,17,21-22H,13-14,16,18-20H2,1-8H3/t22-/m0/s1. The first kappa shape index (κ1) is 29.3. The Labute approximate surface area is 216 Å². The molecule has 0 saturated heterocycles. The Kier molecular flexibility index (Phi) is 10.9. The van der Waals surface area contributed by atoms with Crippen LogP contribution in [0.5, 0.6) is 11.5 Å². The predicted molar refractivity (Wildman–Crippen MR) is 142 cm³/mol. The minimum absolute atomic E-state index is 0.0212.